The molecular formula is C28H31FN4O4. The third-order valence-electron chi connectivity index (χ3n) is 6.58. The Morgan fingerprint density at radius 1 is 1.05 bits per heavy atom. The first-order valence-corrected chi connectivity index (χ1v) is 12.4. The number of aliphatic hydroxyl groups excluding tert-OH is 1. The van der Waals surface area contributed by atoms with E-state index in [9.17, 15) is 23.9 Å². The van der Waals surface area contributed by atoms with Gasteiger partial charge in [0.2, 0.25) is 11.8 Å². The smallest absolute Gasteiger partial charge is 0.254 e. The largest absolute Gasteiger partial charge is 0.390 e. The zero-order valence-corrected chi connectivity index (χ0v) is 20.4. The van der Waals surface area contributed by atoms with Gasteiger partial charge in [0.15, 0.2) is 0 Å². The highest BCUT2D eigenvalue weighted by Crippen LogP contribution is 2.22. The van der Waals surface area contributed by atoms with Crippen LogP contribution in [0.2, 0.25) is 0 Å². The Morgan fingerprint density at radius 2 is 1.78 bits per heavy atom. The van der Waals surface area contributed by atoms with Crippen LogP contribution in [0.5, 0.6) is 0 Å². The lowest BCUT2D eigenvalue weighted by Crippen LogP contribution is -2.54. The van der Waals surface area contributed by atoms with Crippen molar-refractivity contribution in [3.63, 3.8) is 0 Å². The first kappa shape index (κ1) is 26.2. The van der Waals surface area contributed by atoms with Gasteiger partial charge in [0, 0.05) is 31.6 Å². The lowest BCUT2D eigenvalue weighted by atomic mass is 10.0. The van der Waals surface area contributed by atoms with Gasteiger partial charge >= 0.3 is 0 Å². The molecule has 0 radical (unpaired) electrons. The fraction of sp³-hybridized carbons (Fsp3) is 0.321. The average Bonchev–Trinajstić information content (AvgIpc) is 3.41. The van der Waals surface area contributed by atoms with E-state index in [2.05, 4.69) is 10.6 Å². The molecule has 37 heavy (non-hydrogen) atoms. The van der Waals surface area contributed by atoms with Crippen molar-refractivity contribution in [2.24, 2.45) is 5.73 Å². The van der Waals surface area contributed by atoms with Crippen LogP contribution in [0, 0.1) is 5.82 Å². The molecule has 1 aliphatic heterocycles. The number of rotatable bonds is 9. The zero-order chi connectivity index (χ0) is 26.4. The molecule has 1 saturated heterocycles. The number of nitrogens with two attached hydrogens (primary N) is 1. The van der Waals surface area contributed by atoms with Crippen LogP contribution in [0.1, 0.15) is 28.8 Å². The summed E-state index contributed by atoms with van der Waals surface area (Å²) in [4.78, 5) is 40.9. The molecule has 0 aliphatic carbocycles. The number of aliphatic hydroxyl groups is 1. The van der Waals surface area contributed by atoms with Crippen LogP contribution in [0.15, 0.2) is 66.7 Å². The summed E-state index contributed by atoms with van der Waals surface area (Å²) < 4.78 is 13.3. The second-order valence-corrected chi connectivity index (χ2v) is 9.24. The molecule has 3 atom stereocenters. The van der Waals surface area contributed by atoms with E-state index >= 15 is 0 Å². The van der Waals surface area contributed by atoms with E-state index in [4.69, 9.17) is 5.73 Å². The number of hydrogen-bond acceptors (Lipinski definition) is 5. The standard InChI is InChI=1S/C28H31FN4O4/c29-22-11-9-20(10-12-22)28(37)33-13-3-6-25(33)27(36)32-24(26(35)31-17-23(34)16-30)15-18-7-8-19-4-1-2-5-21(19)14-18/h1-2,4-5,7-12,14,23-25,34H,3,6,13,15-17,30H2,(H,31,35)(H,32,36)/t23?,24-,25?/m1/s1. The Hall–Kier alpha value is -3.82. The van der Waals surface area contributed by atoms with Crippen molar-refractivity contribution in [3.8, 4) is 0 Å². The van der Waals surface area contributed by atoms with E-state index in [1.54, 1.807) is 0 Å². The van der Waals surface area contributed by atoms with Gasteiger partial charge in [-0.25, -0.2) is 4.39 Å². The minimum Gasteiger partial charge on any atom is -0.390 e. The molecule has 9 heteroatoms. The number of hydrogen-bond donors (Lipinski definition) is 4. The minimum atomic E-state index is -0.929. The third kappa shape index (κ3) is 6.49. The van der Waals surface area contributed by atoms with E-state index in [1.807, 2.05) is 42.5 Å². The zero-order valence-electron chi connectivity index (χ0n) is 20.4. The quantitative estimate of drug-likeness (QED) is 0.352. The summed E-state index contributed by atoms with van der Waals surface area (Å²) >= 11 is 0. The summed E-state index contributed by atoms with van der Waals surface area (Å²) in [6, 6.07) is 17.2. The normalized spacial score (nSPS) is 16.8. The molecule has 0 saturated carbocycles. The number of carbonyl (C=O) groups excluding carboxylic acids is 3. The van der Waals surface area contributed by atoms with Crippen LogP contribution in [0.4, 0.5) is 4.39 Å². The molecule has 4 rings (SSSR count). The predicted octanol–water partition coefficient (Wildman–Crippen LogP) is 1.75. The van der Waals surface area contributed by atoms with Crippen molar-refractivity contribution in [1.29, 1.82) is 0 Å². The van der Waals surface area contributed by atoms with Gasteiger partial charge in [-0.15, -0.1) is 0 Å². The summed E-state index contributed by atoms with van der Waals surface area (Å²) in [5, 5.41) is 17.3. The highest BCUT2D eigenvalue weighted by atomic mass is 19.1. The monoisotopic (exact) mass is 506 g/mol. The van der Waals surface area contributed by atoms with E-state index in [-0.39, 0.29) is 25.4 Å². The lowest BCUT2D eigenvalue weighted by molar-refractivity contribution is -0.131. The molecule has 0 spiro atoms. The van der Waals surface area contributed by atoms with E-state index in [0.29, 0.717) is 24.9 Å². The summed E-state index contributed by atoms with van der Waals surface area (Å²) in [6.45, 7) is 0.334. The highest BCUT2D eigenvalue weighted by molar-refractivity contribution is 5.98. The maximum atomic E-state index is 13.3. The van der Waals surface area contributed by atoms with Gasteiger partial charge in [0.1, 0.15) is 17.9 Å². The molecule has 0 bridgehead atoms. The molecule has 3 aromatic rings. The average molecular weight is 507 g/mol. The summed E-state index contributed by atoms with van der Waals surface area (Å²) in [5.74, 6) is -1.70. The number of benzene rings is 3. The number of nitrogens with zero attached hydrogens (tertiary/aromatic N) is 1. The van der Waals surface area contributed by atoms with Gasteiger partial charge in [-0.2, -0.15) is 0 Å². The first-order chi connectivity index (χ1) is 17.9. The Labute approximate surface area is 214 Å². The van der Waals surface area contributed by atoms with Crippen molar-refractivity contribution < 1.29 is 23.9 Å². The van der Waals surface area contributed by atoms with Crippen molar-refractivity contribution in [3.05, 3.63) is 83.7 Å². The molecule has 2 unspecified atom stereocenters. The topological polar surface area (TPSA) is 125 Å². The molecule has 1 fully saturated rings. The van der Waals surface area contributed by atoms with Gasteiger partial charge in [-0.05, 0) is 53.4 Å². The highest BCUT2D eigenvalue weighted by Gasteiger charge is 2.36. The second-order valence-electron chi connectivity index (χ2n) is 9.24. The van der Waals surface area contributed by atoms with Crippen molar-refractivity contribution in [2.45, 2.75) is 37.5 Å². The van der Waals surface area contributed by atoms with Crippen LogP contribution in [0.25, 0.3) is 10.8 Å². The molecule has 8 nitrogen and oxygen atoms in total. The first-order valence-electron chi connectivity index (χ1n) is 12.4. The number of carbonyl (C=O) groups is 3. The van der Waals surface area contributed by atoms with Gasteiger partial charge in [-0.3, -0.25) is 14.4 Å². The third-order valence-corrected chi connectivity index (χ3v) is 6.58. The molecule has 1 aliphatic rings. The van der Waals surface area contributed by atoms with Crippen molar-refractivity contribution in [1.82, 2.24) is 15.5 Å². The number of likely N-dealkylation sites (tertiary alicyclic amines) is 1. The van der Waals surface area contributed by atoms with Gasteiger partial charge in [-0.1, -0.05) is 42.5 Å². The van der Waals surface area contributed by atoms with Crippen LogP contribution < -0.4 is 16.4 Å². The molecule has 194 valence electrons. The van der Waals surface area contributed by atoms with E-state index in [1.165, 1.54) is 29.2 Å². The fourth-order valence-electron chi connectivity index (χ4n) is 4.54. The molecule has 1 heterocycles. The Morgan fingerprint density at radius 3 is 2.51 bits per heavy atom. The summed E-state index contributed by atoms with van der Waals surface area (Å²) in [5.41, 5.74) is 6.59. The van der Waals surface area contributed by atoms with Crippen LogP contribution in [-0.4, -0.2) is 65.5 Å². The molecule has 5 N–H and O–H groups in total. The van der Waals surface area contributed by atoms with E-state index in [0.717, 1.165) is 16.3 Å². The van der Waals surface area contributed by atoms with Crippen LogP contribution in [0.3, 0.4) is 0 Å². The fourth-order valence-corrected chi connectivity index (χ4v) is 4.54. The van der Waals surface area contributed by atoms with Crippen LogP contribution >= 0.6 is 0 Å². The van der Waals surface area contributed by atoms with Gasteiger partial charge in [0.05, 0.1) is 6.10 Å². The van der Waals surface area contributed by atoms with Crippen molar-refractivity contribution in [2.75, 3.05) is 19.6 Å². The molecular weight excluding hydrogens is 475 g/mol. The molecule has 3 amide bonds. The maximum Gasteiger partial charge on any atom is 0.254 e. The van der Waals surface area contributed by atoms with E-state index < -0.39 is 35.8 Å². The number of nitrogens with one attached hydrogen (secondary N) is 2. The maximum absolute atomic E-state index is 13.3. The second kappa shape index (κ2) is 11.9. The van der Waals surface area contributed by atoms with Crippen LogP contribution in [-0.2, 0) is 16.0 Å². The number of amides is 3. The summed E-state index contributed by atoms with van der Waals surface area (Å²) in [6.07, 6.45) is 0.406. The Kier molecular flexibility index (Phi) is 8.47. The predicted molar refractivity (Wildman–Crippen MR) is 138 cm³/mol. The molecule has 0 aromatic heterocycles. The number of halogens is 1. The number of fused-ring (bicyclic) bond motifs is 1. The lowest BCUT2D eigenvalue weighted by Gasteiger charge is -2.27. The van der Waals surface area contributed by atoms with Crippen molar-refractivity contribution >= 4 is 28.5 Å². The molecule has 3 aromatic carbocycles. The SMILES string of the molecule is NCC(O)CNC(=O)[C@@H](Cc1ccc2ccccc2c1)NC(=O)C1CCCN1C(=O)c1ccc(F)cc1. The van der Waals surface area contributed by atoms with Gasteiger partial charge in [0.25, 0.3) is 5.91 Å². The Bertz CT molecular complexity index is 1270. The minimum absolute atomic E-state index is 0.00941. The van der Waals surface area contributed by atoms with Gasteiger partial charge < -0.3 is 26.4 Å². The summed E-state index contributed by atoms with van der Waals surface area (Å²) in [7, 11) is 0. The Balaban J connectivity index is 1.51.